The Morgan fingerprint density at radius 3 is 2.60 bits per heavy atom. The van der Waals surface area contributed by atoms with Gasteiger partial charge in [-0.2, -0.15) is 0 Å². The third-order valence-corrected chi connectivity index (χ3v) is 1.95. The second-order valence-electron chi connectivity index (χ2n) is 3.22. The number of halogens is 1. The summed E-state index contributed by atoms with van der Waals surface area (Å²) in [5.74, 6) is -0.275. The monoisotopic (exact) mass is 213 g/mol. The first kappa shape index (κ1) is 12.1. The van der Waals surface area contributed by atoms with Crippen molar-refractivity contribution in [2.45, 2.75) is 13.2 Å². The highest BCUT2D eigenvalue weighted by Gasteiger charge is 2.00. The number of hydrogen-bond donors (Lipinski definition) is 1. The van der Waals surface area contributed by atoms with Gasteiger partial charge in [0.25, 0.3) is 0 Å². The van der Waals surface area contributed by atoms with E-state index in [4.69, 9.17) is 15.2 Å². The summed E-state index contributed by atoms with van der Waals surface area (Å²) >= 11 is 0. The summed E-state index contributed by atoms with van der Waals surface area (Å²) in [6, 6.07) is 4.72. The lowest BCUT2D eigenvalue weighted by Gasteiger charge is -2.06. The largest absolute Gasteiger partial charge is 0.382 e. The van der Waals surface area contributed by atoms with E-state index in [0.29, 0.717) is 26.4 Å². The second-order valence-corrected chi connectivity index (χ2v) is 3.22. The molecule has 0 spiro atoms. The van der Waals surface area contributed by atoms with E-state index in [1.807, 2.05) is 6.07 Å². The van der Waals surface area contributed by atoms with Crippen LogP contribution < -0.4 is 5.73 Å². The molecule has 0 aliphatic carbocycles. The molecule has 1 aromatic carbocycles. The SMILES string of the molecule is COCCOCc1cc(F)cc(CN)c1. The van der Waals surface area contributed by atoms with Crippen LogP contribution in [0.25, 0.3) is 0 Å². The van der Waals surface area contributed by atoms with Gasteiger partial charge < -0.3 is 15.2 Å². The molecule has 4 heteroatoms. The van der Waals surface area contributed by atoms with E-state index in [-0.39, 0.29) is 5.82 Å². The van der Waals surface area contributed by atoms with E-state index < -0.39 is 0 Å². The van der Waals surface area contributed by atoms with Crippen molar-refractivity contribution in [1.29, 1.82) is 0 Å². The first-order valence-corrected chi connectivity index (χ1v) is 4.81. The Morgan fingerprint density at radius 1 is 1.20 bits per heavy atom. The fourth-order valence-electron chi connectivity index (χ4n) is 1.25. The zero-order valence-corrected chi connectivity index (χ0v) is 8.83. The molecular weight excluding hydrogens is 197 g/mol. The van der Waals surface area contributed by atoms with Crippen molar-refractivity contribution in [3.63, 3.8) is 0 Å². The highest BCUT2D eigenvalue weighted by molar-refractivity contribution is 5.24. The van der Waals surface area contributed by atoms with Crippen molar-refractivity contribution >= 4 is 0 Å². The van der Waals surface area contributed by atoms with Gasteiger partial charge in [-0.25, -0.2) is 4.39 Å². The van der Waals surface area contributed by atoms with Crippen molar-refractivity contribution in [2.24, 2.45) is 5.73 Å². The van der Waals surface area contributed by atoms with Crippen molar-refractivity contribution in [1.82, 2.24) is 0 Å². The van der Waals surface area contributed by atoms with Crippen LogP contribution in [0.5, 0.6) is 0 Å². The van der Waals surface area contributed by atoms with E-state index in [0.717, 1.165) is 11.1 Å². The minimum absolute atomic E-state index is 0.275. The van der Waals surface area contributed by atoms with Crippen LogP contribution in [0.15, 0.2) is 18.2 Å². The predicted octanol–water partition coefficient (Wildman–Crippen LogP) is 1.45. The fraction of sp³-hybridized carbons (Fsp3) is 0.455. The molecule has 0 bridgehead atoms. The van der Waals surface area contributed by atoms with Crippen LogP contribution in [-0.4, -0.2) is 20.3 Å². The van der Waals surface area contributed by atoms with Gasteiger partial charge in [0.2, 0.25) is 0 Å². The molecule has 3 nitrogen and oxygen atoms in total. The molecular formula is C11H16FNO2. The number of ether oxygens (including phenoxy) is 2. The van der Waals surface area contributed by atoms with Crippen molar-refractivity contribution < 1.29 is 13.9 Å². The molecule has 0 atom stereocenters. The minimum atomic E-state index is -0.275. The first-order chi connectivity index (χ1) is 7.26. The zero-order valence-electron chi connectivity index (χ0n) is 8.83. The molecule has 0 aromatic heterocycles. The fourth-order valence-corrected chi connectivity index (χ4v) is 1.25. The summed E-state index contributed by atoms with van der Waals surface area (Å²) in [6.45, 7) is 1.76. The maximum atomic E-state index is 13.1. The third kappa shape index (κ3) is 4.38. The number of nitrogens with two attached hydrogens (primary N) is 1. The first-order valence-electron chi connectivity index (χ1n) is 4.81. The predicted molar refractivity (Wildman–Crippen MR) is 55.8 cm³/mol. The quantitative estimate of drug-likeness (QED) is 0.727. The molecule has 0 radical (unpaired) electrons. The Morgan fingerprint density at radius 2 is 1.93 bits per heavy atom. The maximum Gasteiger partial charge on any atom is 0.123 e. The highest BCUT2D eigenvalue weighted by atomic mass is 19.1. The van der Waals surface area contributed by atoms with Gasteiger partial charge in [0.05, 0.1) is 19.8 Å². The van der Waals surface area contributed by atoms with Gasteiger partial charge in [0, 0.05) is 13.7 Å². The average molecular weight is 213 g/mol. The molecule has 84 valence electrons. The molecule has 1 aromatic rings. The van der Waals surface area contributed by atoms with Crippen LogP contribution >= 0.6 is 0 Å². The molecule has 0 heterocycles. The number of methoxy groups -OCH3 is 1. The lowest BCUT2D eigenvalue weighted by atomic mass is 10.1. The van der Waals surface area contributed by atoms with Crippen molar-refractivity contribution in [3.05, 3.63) is 35.1 Å². The number of rotatable bonds is 6. The number of benzene rings is 1. The minimum Gasteiger partial charge on any atom is -0.382 e. The van der Waals surface area contributed by atoms with E-state index in [9.17, 15) is 4.39 Å². The summed E-state index contributed by atoms with van der Waals surface area (Å²) in [6.07, 6.45) is 0. The Hall–Kier alpha value is -0.970. The molecule has 0 aliphatic heterocycles. The van der Waals surface area contributed by atoms with Gasteiger partial charge >= 0.3 is 0 Å². The summed E-state index contributed by atoms with van der Waals surface area (Å²) < 4.78 is 23.2. The van der Waals surface area contributed by atoms with Crippen LogP contribution in [0.2, 0.25) is 0 Å². The van der Waals surface area contributed by atoms with Gasteiger partial charge in [0.15, 0.2) is 0 Å². The lowest BCUT2D eigenvalue weighted by molar-refractivity contribution is 0.0615. The maximum absolute atomic E-state index is 13.1. The van der Waals surface area contributed by atoms with Crippen molar-refractivity contribution in [3.8, 4) is 0 Å². The van der Waals surface area contributed by atoms with Crippen LogP contribution in [0.4, 0.5) is 4.39 Å². The molecule has 15 heavy (non-hydrogen) atoms. The van der Waals surface area contributed by atoms with Gasteiger partial charge in [0.1, 0.15) is 5.82 Å². The zero-order chi connectivity index (χ0) is 11.1. The van der Waals surface area contributed by atoms with Crippen LogP contribution in [0.3, 0.4) is 0 Å². The molecule has 2 N–H and O–H groups in total. The van der Waals surface area contributed by atoms with Gasteiger partial charge in [-0.1, -0.05) is 6.07 Å². The van der Waals surface area contributed by atoms with Crippen LogP contribution in [0, 0.1) is 5.82 Å². The molecule has 0 aliphatic rings. The topological polar surface area (TPSA) is 44.5 Å². The average Bonchev–Trinajstić information content (AvgIpc) is 2.23. The smallest absolute Gasteiger partial charge is 0.123 e. The van der Waals surface area contributed by atoms with E-state index in [1.54, 1.807) is 7.11 Å². The van der Waals surface area contributed by atoms with Gasteiger partial charge in [-0.3, -0.25) is 0 Å². The van der Waals surface area contributed by atoms with E-state index in [2.05, 4.69) is 0 Å². The summed E-state index contributed by atoms with van der Waals surface area (Å²) in [5.41, 5.74) is 7.01. The Balaban J connectivity index is 2.49. The summed E-state index contributed by atoms with van der Waals surface area (Å²) in [4.78, 5) is 0. The van der Waals surface area contributed by atoms with E-state index in [1.165, 1.54) is 12.1 Å². The van der Waals surface area contributed by atoms with Crippen LogP contribution in [0.1, 0.15) is 11.1 Å². The van der Waals surface area contributed by atoms with Crippen LogP contribution in [-0.2, 0) is 22.6 Å². The molecule has 1 rings (SSSR count). The molecule has 0 amide bonds. The third-order valence-electron chi connectivity index (χ3n) is 1.95. The molecule has 0 unspecified atom stereocenters. The van der Waals surface area contributed by atoms with E-state index >= 15 is 0 Å². The summed E-state index contributed by atoms with van der Waals surface area (Å²) in [7, 11) is 1.61. The molecule has 0 saturated heterocycles. The normalized spacial score (nSPS) is 10.6. The highest BCUT2D eigenvalue weighted by Crippen LogP contribution is 2.09. The van der Waals surface area contributed by atoms with Gasteiger partial charge in [-0.15, -0.1) is 0 Å². The Bertz CT molecular complexity index is 305. The molecule has 0 saturated carbocycles. The van der Waals surface area contributed by atoms with Crippen molar-refractivity contribution in [2.75, 3.05) is 20.3 Å². The van der Waals surface area contributed by atoms with Gasteiger partial charge in [-0.05, 0) is 23.3 Å². The lowest BCUT2D eigenvalue weighted by Crippen LogP contribution is -2.03. The molecule has 0 fully saturated rings. The Kier molecular flexibility index (Phi) is 5.25. The summed E-state index contributed by atoms with van der Waals surface area (Å²) in [5, 5.41) is 0. The standard InChI is InChI=1S/C11H16FNO2/c1-14-2-3-15-8-10-4-9(7-13)5-11(12)6-10/h4-6H,2-3,7-8,13H2,1H3. The second kappa shape index (κ2) is 6.50. The Labute approximate surface area is 89.0 Å². The number of hydrogen-bond acceptors (Lipinski definition) is 3.